The predicted octanol–water partition coefficient (Wildman–Crippen LogP) is 2.21. The van der Waals surface area contributed by atoms with Crippen LogP contribution in [-0.2, 0) is 9.53 Å². The lowest BCUT2D eigenvalue weighted by atomic mass is 10.3. The van der Waals surface area contributed by atoms with E-state index in [1.807, 2.05) is 18.2 Å². The molecule has 0 unspecified atom stereocenters. The number of aromatic nitrogens is 1. The summed E-state index contributed by atoms with van der Waals surface area (Å²) in [7, 11) is 0. The van der Waals surface area contributed by atoms with Gasteiger partial charge >= 0.3 is 5.97 Å². The molecule has 1 atom stereocenters. The van der Waals surface area contributed by atoms with Crippen LogP contribution in [0.4, 0.5) is 0 Å². The molecule has 0 aliphatic heterocycles. The van der Waals surface area contributed by atoms with Crippen molar-refractivity contribution in [2.75, 3.05) is 6.61 Å². The van der Waals surface area contributed by atoms with Crippen LogP contribution in [0.5, 0.6) is 5.75 Å². The minimum atomic E-state index is -0.770. The number of para-hydroxylation sites is 1. The predicted molar refractivity (Wildman–Crippen MR) is 72.6 cm³/mol. The number of rotatable bonds is 6. The maximum absolute atomic E-state index is 11.7. The molecule has 0 amide bonds. The Balaban J connectivity index is 1.81. The van der Waals surface area contributed by atoms with Crippen molar-refractivity contribution >= 4 is 11.8 Å². The van der Waals surface area contributed by atoms with Crippen molar-refractivity contribution in [2.45, 2.75) is 13.0 Å². The molecular weight excluding hydrogens is 258 g/mol. The number of benzene rings is 1. The first-order valence-corrected chi connectivity index (χ1v) is 6.22. The summed E-state index contributed by atoms with van der Waals surface area (Å²) in [5, 5.41) is 0. The zero-order valence-corrected chi connectivity index (χ0v) is 11.0. The van der Waals surface area contributed by atoms with Crippen LogP contribution in [0.2, 0.25) is 0 Å². The van der Waals surface area contributed by atoms with Crippen molar-refractivity contribution in [1.82, 2.24) is 4.98 Å². The molecule has 5 nitrogen and oxygen atoms in total. The standard InChI is InChI=1S/C15H15NO4/c1-11(20-12-6-3-2-4-7-12)15(18)19-10-14(17)13-8-5-9-16-13/h2-9,11,16H,10H2,1H3/t11-/m1/s1. The fourth-order valence-electron chi connectivity index (χ4n) is 1.59. The smallest absolute Gasteiger partial charge is 0.347 e. The molecule has 0 bridgehead atoms. The molecule has 1 aromatic carbocycles. The van der Waals surface area contributed by atoms with E-state index in [0.29, 0.717) is 11.4 Å². The second-order valence-electron chi connectivity index (χ2n) is 4.19. The molecule has 0 fully saturated rings. The van der Waals surface area contributed by atoms with Crippen molar-refractivity contribution in [3.8, 4) is 5.75 Å². The minimum absolute atomic E-state index is 0.282. The topological polar surface area (TPSA) is 68.4 Å². The molecule has 20 heavy (non-hydrogen) atoms. The molecule has 1 heterocycles. The number of hydrogen-bond acceptors (Lipinski definition) is 4. The van der Waals surface area contributed by atoms with E-state index in [0.717, 1.165) is 0 Å². The Morgan fingerprint density at radius 3 is 2.55 bits per heavy atom. The SMILES string of the molecule is C[C@@H](Oc1ccccc1)C(=O)OCC(=O)c1ccc[nH]1. The molecule has 0 spiro atoms. The summed E-state index contributed by atoms with van der Waals surface area (Å²) in [4.78, 5) is 26.1. The van der Waals surface area contributed by atoms with Crippen molar-refractivity contribution in [3.05, 3.63) is 54.4 Å². The van der Waals surface area contributed by atoms with Crippen LogP contribution in [0.3, 0.4) is 0 Å². The maximum Gasteiger partial charge on any atom is 0.347 e. The zero-order valence-electron chi connectivity index (χ0n) is 11.0. The van der Waals surface area contributed by atoms with E-state index in [1.165, 1.54) is 0 Å². The molecule has 104 valence electrons. The molecule has 2 aromatic rings. The summed E-state index contributed by atoms with van der Waals surface area (Å²) in [6, 6.07) is 12.3. The quantitative estimate of drug-likeness (QED) is 0.647. The fraction of sp³-hybridized carbons (Fsp3) is 0.200. The number of esters is 1. The lowest BCUT2D eigenvalue weighted by Crippen LogP contribution is -2.28. The second kappa shape index (κ2) is 6.56. The Hall–Kier alpha value is -2.56. The molecule has 0 saturated carbocycles. The largest absolute Gasteiger partial charge is 0.479 e. The third kappa shape index (κ3) is 3.71. The van der Waals surface area contributed by atoms with Crippen molar-refractivity contribution in [2.24, 2.45) is 0 Å². The number of carbonyl (C=O) groups is 2. The average Bonchev–Trinajstić information content (AvgIpc) is 2.99. The number of carbonyl (C=O) groups excluding carboxylic acids is 2. The van der Waals surface area contributed by atoms with Gasteiger partial charge in [-0.3, -0.25) is 4.79 Å². The van der Waals surface area contributed by atoms with Crippen LogP contribution in [-0.4, -0.2) is 29.4 Å². The molecule has 2 rings (SSSR count). The molecular formula is C15H15NO4. The monoisotopic (exact) mass is 273 g/mol. The highest BCUT2D eigenvalue weighted by Crippen LogP contribution is 2.11. The summed E-state index contributed by atoms with van der Waals surface area (Å²) in [6.07, 6.45) is 0.866. The van der Waals surface area contributed by atoms with Gasteiger partial charge in [0.05, 0.1) is 5.69 Å². The highest BCUT2D eigenvalue weighted by Gasteiger charge is 2.18. The van der Waals surface area contributed by atoms with Gasteiger partial charge in [0.1, 0.15) is 5.75 Å². The van der Waals surface area contributed by atoms with Gasteiger partial charge in [-0.2, -0.15) is 0 Å². The van der Waals surface area contributed by atoms with Gasteiger partial charge in [0.2, 0.25) is 5.78 Å². The summed E-state index contributed by atoms with van der Waals surface area (Å²) in [5.41, 5.74) is 0.412. The Kier molecular flexibility index (Phi) is 4.55. The molecule has 0 radical (unpaired) electrons. The maximum atomic E-state index is 11.7. The Morgan fingerprint density at radius 2 is 1.90 bits per heavy atom. The first-order chi connectivity index (χ1) is 9.66. The number of nitrogens with one attached hydrogen (secondary N) is 1. The van der Waals surface area contributed by atoms with Crippen molar-refractivity contribution in [3.63, 3.8) is 0 Å². The van der Waals surface area contributed by atoms with E-state index in [-0.39, 0.29) is 12.4 Å². The molecule has 0 aliphatic rings. The van der Waals surface area contributed by atoms with E-state index in [2.05, 4.69) is 4.98 Å². The second-order valence-corrected chi connectivity index (χ2v) is 4.19. The summed E-state index contributed by atoms with van der Waals surface area (Å²) < 4.78 is 10.3. The number of aromatic amines is 1. The summed E-state index contributed by atoms with van der Waals surface area (Å²) in [5.74, 6) is -0.281. The van der Waals surface area contributed by atoms with Gasteiger partial charge in [0.15, 0.2) is 12.7 Å². The van der Waals surface area contributed by atoms with E-state index in [4.69, 9.17) is 9.47 Å². The molecule has 1 N–H and O–H groups in total. The lowest BCUT2D eigenvalue weighted by Gasteiger charge is -2.13. The summed E-state index contributed by atoms with van der Waals surface area (Å²) in [6.45, 7) is 1.27. The highest BCUT2D eigenvalue weighted by atomic mass is 16.6. The van der Waals surface area contributed by atoms with Crippen LogP contribution in [0.15, 0.2) is 48.7 Å². The van der Waals surface area contributed by atoms with Crippen molar-refractivity contribution in [1.29, 1.82) is 0 Å². The van der Waals surface area contributed by atoms with Crippen LogP contribution >= 0.6 is 0 Å². The van der Waals surface area contributed by atoms with E-state index in [1.54, 1.807) is 37.4 Å². The van der Waals surface area contributed by atoms with Crippen LogP contribution in [0, 0.1) is 0 Å². The third-order valence-corrected chi connectivity index (χ3v) is 2.63. The minimum Gasteiger partial charge on any atom is -0.479 e. The average molecular weight is 273 g/mol. The van der Waals surface area contributed by atoms with Gasteiger partial charge < -0.3 is 14.5 Å². The Morgan fingerprint density at radius 1 is 1.15 bits per heavy atom. The van der Waals surface area contributed by atoms with E-state index < -0.39 is 12.1 Å². The zero-order chi connectivity index (χ0) is 14.4. The normalized spacial score (nSPS) is 11.7. The van der Waals surface area contributed by atoms with Gasteiger partial charge in [-0.1, -0.05) is 18.2 Å². The van der Waals surface area contributed by atoms with Gasteiger partial charge in [-0.15, -0.1) is 0 Å². The Labute approximate surface area is 116 Å². The first kappa shape index (κ1) is 13.9. The van der Waals surface area contributed by atoms with Gasteiger partial charge in [0, 0.05) is 6.20 Å². The van der Waals surface area contributed by atoms with Crippen LogP contribution in [0.1, 0.15) is 17.4 Å². The Bertz CT molecular complexity index is 563. The van der Waals surface area contributed by atoms with E-state index in [9.17, 15) is 9.59 Å². The van der Waals surface area contributed by atoms with Gasteiger partial charge in [0.25, 0.3) is 0 Å². The third-order valence-electron chi connectivity index (χ3n) is 2.63. The van der Waals surface area contributed by atoms with Gasteiger partial charge in [-0.05, 0) is 31.2 Å². The number of hydrogen-bond donors (Lipinski definition) is 1. The van der Waals surface area contributed by atoms with E-state index >= 15 is 0 Å². The first-order valence-electron chi connectivity index (χ1n) is 6.22. The number of Topliss-reactive ketones (excluding diaryl/α,β-unsaturated/α-hetero) is 1. The van der Waals surface area contributed by atoms with Crippen LogP contribution in [0.25, 0.3) is 0 Å². The van der Waals surface area contributed by atoms with Crippen molar-refractivity contribution < 1.29 is 19.1 Å². The van der Waals surface area contributed by atoms with Crippen LogP contribution < -0.4 is 4.74 Å². The molecule has 5 heteroatoms. The highest BCUT2D eigenvalue weighted by molar-refractivity contribution is 5.96. The molecule has 0 aliphatic carbocycles. The number of ketones is 1. The molecule has 1 aromatic heterocycles. The van der Waals surface area contributed by atoms with Gasteiger partial charge in [-0.25, -0.2) is 4.79 Å². The number of H-pyrrole nitrogens is 1. The molecule has 0 saturated heterocycles. The fourth-order valence-corrected chi connectivity index (χ4v) is 1.59. The number of ether oxygens (including phenoxy) is 2. The lowest BCUT2D eigenvalue weighted by molar-refractivity contribution is -0.149. The summed E-state index contributed by atoms with van der Waals surface area (Å²) >= 11 is 0.